The van der Waals surface area contributed by atoms with Crippen molar-refractivity contribution in [3.8, 4) is 0 Å². The maximum atomic E-state index is 13.1. The molecule has 14 heteroatoms. The zero-order valence-electron chi connectivity index (χ0n) is 20.4. The highest BCUT2D eigenvalue weighted by atomic mass is 19.4. The number of hydrogen-bond acceptors (Lipinski definition) is 5. The van der Waals surface area contributed by atoms with E-state index in [0.29, 0.717) is 17.8 Å². The molecule has 0 radical (unpaired) electrons. The number of aromatic amines is 1. The number of rotatable bonds is 9. The van der Waals surface area contributed by atoms with Crippen LogP contribution in [-0.4, -0.2) is 63.7 Å². The fourth-order valence-corrected chi connectivity index (χ4v) is 3.95. The van der Waals surface area contributed by atoms with E-state index in [0.717, 1.165) is 6.92 Å². The van der Waals surface area contributed by atoms with Crippen LogP contribution in [-0.2, 0) is 20.9 Å². The molecule has 2 atom stereocenters. The molecule has 0 bridgehead atoms. The van der Waals surface area contributed by atoms with E-state index in [9.17, 15) is 40.7 Å². The van der Waals surface area contributed by atoms with Crippen molar-refractivity contribution in [2.24, 2.45) is 5.41 Å². The summed E-state index contributed by atoms with van der Waals surface area (Å²) < 4.78 is 78.9. The van der Waals surface area contributed by atoms with Gasteiger partial charge in [0, 0.05) is 19.0 Å². The Bertz CT molecular complexity index is 1170. The first-order chi connectivity index (χ1) is 17.1. The summed E-state index contributed by atoms with van der Waals surface area (Å²) in [7, 11) is 1.24. The number of methoxy groups -OCH3 is 1. The minimum absolute atomic E-state index is 0.0406. The number of nitrogens with one attached hydrogen (secondary N) is 1. The van der Waals surface area contributed by atoms with Gasteiger partial charge in [0.25, 0.3) is 5.56 Å². The van der Waals surface area contributed by atoms with Crippen molar-refractivity contribution in [2.75, 3.05) is 13.7 Å². The lowest BCUT2D eigenvalue weighted by atomic mass is 9.67. The number of aromatic nitrogens is 3. The molecule has 1 N–H and O–H groups in total. The number of nitrogens with zero attached hydrogens (tertiary/aromatic N) is 3. The molecule has 1 unspecified atom stereocenters. The highest BCUT2D eigenvalue weighted by Gasteiger charge is 2.66. The molecule has 1 saturated carbocycles. The van der Waals surface area contributed by atoms with Crippen LogP contribution in [0.3, 0.4) is 0 Å². The number of carbonyl (C=O) groups excluding carboxylic acids is 2. The zero-order valence-corrected chi connectivity index (χ0v) is 20.4. The van der Waals surface area contributed by atoms with Crippen LogP contribution in [0.25, 0.3) is 11.0 Å². The molecule has 2 aromatic heterocycles. The molecule has 206 valence electrons. The van der Waals surface area contributed by atoms with Gasteiger partial charge in [-0.2, -0.15) is 13.2 Å². The third kappa shape index (κ3) is 7.13. The predicted molar refractivity (Wildman–Crippen MR) is 122 cm³/mol. The van der Waals surface area contributed by atoms with Crippen LogP contribution >= 0.6 is 0 Å². The molecule has 1 fully saturated rings. The van der Waals surface area contributed by atoms with Gasteiger partial charge in [-0.1, -0.05) is 13.0 Å². The molecule has 3 rings (SSSR count). The zero-order chi connectivity index (χ0) is 28.2. The van der Waals surface area contributed by atoms with Gasteiger partial charge in [0.15, 0.2) is 5.52 Å². The Kier molecular flexibility index (Phi) is 9.20. The highest BCUT2D eigenvalue weighted by Crippen LogP contribution is 2.59. The molecule has 0 aromatic carbocycles. The fraction of sp³-hybridized carbons (Fsp3) is 0.565. The number of alkyl halides is 6. The Morgan fingerprint density at radius 1 is 1.38 bits per heavy atom. The van der Waals surface area contributed by atoms with E-state index >= 15 is 0 Å². The summed E-state index contributed by atoms with van der Waals surface area (Å²) in [6.07, 6.45) is -4.06. The van der Waals surface area contributed by atoms with E-state index in [-0.39, 0.29) is 25.0 Å². The molecule has 1 amide bonds. The van der Waals surface area contributed by atoms with Crippen molar-refractivity contribution in [2.45, 2.75) is 64.0 Å². The Balaban J connectivity index is 0.000000364. The van der Waals surface area contributed by atoms with E-state index in [4.69, 9.17) is 4.74 Å². The standard InChI is InChI=1S/C17H21FN4O4.C6H7F5/c1-4-5-13(17(25)26-3)22-7-6-12-15(16(22)24)20-14(19-12)9-21(10-23)8-11(2)18;1-4(6(9,10)11)2-5(7,8)3-4/h4,6-7,10-11,13H,1,5,8-9H2,2-3H3,(H,19,20);2-3H2,1H3/t11?,13-;/m0./s1. The lowest BCUT2D eigenvalue weighted by molar-refractivity contribution is -0.301. The van der Waals surface area contributed by atoms with Crippen LogP contribution in [0.1, 0.15) is 45.0 Å². The number of fused-ring (bicyclic) bond motifs is 1. The van der Waals surface area contributed by atoms with Gasteiger partial charge >= 0.3 is 12.1 Å². The number of H-pyrrole nitrogens is 1. The molecule has 0 aliphatic heterocycles. The molecule has 2 aromatic rings. The number of carbonyl (C=O) groups is 2. The number of ether oxygens (including phenoxy) is 1. The first-order valence-electron chi connectivity index (χ1n) is 11.1. The molecular formula is C23H28F6N4O4. The summed E-state index contributed by atoms with van der Waals surface area (Å²) in [5.74, 6) is -3.32. The minimum atomic E-state index is -4.49. The predicted octanol–water partition coefficient (Wildman–Crippen LogP) is 4.32. The maximum Gasteiger partial charge on any atom is 0.394 e. The van der Waals surface area contributed by atoms with Gasteiger partial charge in [0.2, 0.25) is 12.3 Å². The maximum absolute atomic E-state index is 13.1. The topological polar surface area (TPSA) is 97.3 Å². The summed E-state index contributed by atoms with van der Waals surface area (Å²) >= 11 is 0. The number of amides is 1. The Hall–Kier alpha value is -3.32. The van der Waals surface area contributed by atoms with Crippen LogP contribution in [0.4, 0.5) is 26.3 Å². The van der Waals surface area contributed by atoms with Crippen LogP contribution in [0.15, 0.2) is 29.7 Å². The van der Waals surface area contributed by atoms with Gasteiger partial charge in [-0.15, -0.1) is 6.58 Å². The number of allylic oxidation sites excluding steroid dienone is 1. The van der Waals surface area contributed by atoms with Crippen LogP contribution in [0.5, 0.6) is 0 Å². The summed E-state index contributed by atoms with van der Waals surface area (Å²) in [4.78, 5) is 44.0. The molecule has 8 nitrogen and oxygen atoms in total. The van der Waals surface area contributed by atoms with Gasteiger partial charge in [-0.25, -0.2) is 22.9 Å². The first kappa shape index (κ1) is 29.9. The van der Waals surface area contributed by atoms with Crippen molar-refractivity contribution in [3.05, 3.63) is 41.1 Å². The van der Waals surface area contributed by atoms with Gasteiger partial charge < -0.3 is 14.6 Å². The Morgan fingerprint density at radius 3 is 2.43 bits per heavy atom. The molecular weight excluding hydrogens is 510 g/mol. The van der Waals surface area contributed by atoms with Gasteiger partial charge in [0.1, 0.15) is 18.0 Å². The number of imidazole rings is 1. The minimum Gasteiger partial charge on any atom is -0.467 e. The Morgan fingerprint density at radius 2 is 2.00 bits per heavy atom. The normalized spacial score (nSPS) is 17.5. The van der Waals surface area contributed by atoms with Crippen molar-refractivity contribution < 1.29 is 40.7 Å². The Labute approximate surface area is 208 Å². The van der Waals surface area contributed by atoms with Crippen molar-refractivity contribution in [3.63, 3.8) is 0 Å². The first-order valence-corrected chi connectivity index (χ1v) is 11.1. The van der Waals surface area contributed by atoms with Crippen LogP contribution in [0.2, 0.25) is 0 Å². The number of halogens is 6. The summed E-state index contributed by atoms with van der Waals surface area (Å²) in [6, 6.07) is 0.767. The lowest BCUT2D eigenvalue weighted by Gasteiger charge is -2.45. The van der Waals surface area contributed by atoms with E-state index in [2.05, 4.69) is 16.5 Å². The smallest absolute Gasteiger partial charge is 0.394 e. The number of esters is 1. The molecule has 1 aliphatic carbocycles. The SMILES string of the molecule is C=CC[C@@H](C(=O)OC)n1ccc2[nH]c(CN(C=O)CC(C)F)nc2c1=O.CC1(C(F)(F)F)CC(F)(F)C1. The van der Waals surface area contributed by atoms with Gasteiger partial charge in [-0.3, -0.25) is 14.2 Å². The average molecular weight is 538 g/mol. The van der Waals surface area contributed by atoms with Crippen molar-refractivity contribution in [1.29, 1.82) is 0 Å². The fourth-order valence-electron chi connectivity index (χ4n) is 3.95. The number of pyridine rings is 1. The second-order valence-electron chi connectivity index (χ2n) is 9.12. The largest absolute Gasteiger partial charge is 0.467 e. The van der Waals surface area contributed by atoms with Crippen molar-refractivity contribution in [1.82, 2.24) is 19.4 Å². The van der Waals surface area contributed by atoms with Crippen LogP contribution < -0.4 is 5.56 Å². The summed E-state index contributed by atoms with van der Waals surface area (Å²) in [5.41, 5.74) is -2.04. The monoisotopic (exact) mass is 538 g/mol. The van der Waals surface area contributed by atoms with Gasteiger partial charge in [-0.05, 0) is 19.4 Å². The average Bonchev–Trinajstić information content (AvgIpc) is 3.18. The quantitative estimate of drug-likeness (QED) is 0.222. The summed E-state index contributed by atoms with van der Waals surface area (Å²) in [5, 5.41) is 0. The van der Waals surface area contributed by atoms with Crippen molar-refractivity contribution >= 4 is 23.4 Å². The van der Waals surface area contributed by atoms with Crippen LogP contribution in [0, 0.1) is 5.41 Å². The second-order valence-corrected chi connectivity index (χ2v) is 9.12. The molecule has 2 heterocycles. The van der Waals surface area contributed by atoms with E-state index in [1.165, 1.54) is 35.8 Å². The third-order valence-corrected chi connectivity index (χ3v) is 5.79. The second kappa shape index (κ2) is 11.4. The number of hydrogen-bond donors (Lipinski definition) is 1. The molecule has 0 saturated heterocycles. The third-order valence-electron chi connectivity index (χ3n) is 5.79. The molecule has 1 aliphatic rings. The van der Waals surface area contributed by atoms with E-state index < -0.39 is 54.1 Å². The summed E-state index contributed by atoms with van der Waals surface area (Å²) in [6.45, 7) is 5.73. The van der Waals surface area contributed by atoms with Gasteiger partial charge in [0.05, 0.1) is 31.1 Å². The van der Waals surface area contributed by atoms with E-state index in [1.54, 1.807) is 6.07 Å². The van der Waals surface area contributed by atoms with E-state index in [1.807, 2.05) is 0 Å². The highest BCUT2D eigenvalue weighted by molar-refractivity contribution is 5.77. The molecule has 0 spiro atoms. The lowest BCUT2D eigenvalue weighted by Crippen LogP contribution is -2.52. The molecule has 37 heavy (non-hydrogen) atoms.